The Hall–Kier alpha value is -2.80. The summed E-state index contributed by atoms with van der Waals surface area (Å²) in [6.45, 7) is 13.3. The molecule has 0 unspecified atom stereocenters. The Morgan fingerprint density at radius 2 is 1.71 bits per heavy atom. The molecule has 0 bridgehead atoms. The Morgan fingerprint density at radius 3 is 2.38 bits per heavy atom. The van der Waals surface area contributed by atoms with E-state index in [1.54, 1.807) is 0 Å². The number of nitrogens with one attached hydrogen (secondary N) is 1. The van der Waals surface area contributed by atoms with E-state index in [-0.39, 0.29) is 17.6 Å². The summed E-state index contributed by atoms with van der Waals surface area (Å²) in [6, 6.07) is 16.2. The second-order valence-electron chi connectivity index (χ2n) is 12.9. The molecule has 2 aromatic carbocycles. The van der Waals surface area contributed by atoms with Crippen LogP contribution in [0.15, 0.2) is 60.8 Å². The number of hydrogen-bond donors (Lipinski definition) is 1. The molecule has 1 N–H and O–H groups in total. The van der Waals surface area contributed by atoms with Gasteiger partial charge < -0.3 is 20.0 Å². The molecule has 42 heavy (non-hydrogen) atoms. The monoisotopic (exact) mass is 619 g/mol. The van der Waals surface area contributed by atoms with Gasteiger partial charge >= 0.3 is 0 Å². The molecule has 1 aromatic heterocycles. The lowest BCUT2D eigenvalue weighted by molar-refractivity contribution is 0.357. The molecule has 4 atom stereocenters. The molecule has 0 aliphatic carbocycles. The SMILES string of the molecule is CC1=CC(C)(C)N(C)c2cc(Cl)c([C@@H]3[C@H](c4ccccn4)NC(=S)N3c3ccc(N4C[C@H](C)C[C@H](C)C4)c(Cl)c3)cc21. The number of thiocarbonyl (C=S) groups is 1. The summed E-state index contributed by atoms with van der Waals surface area (Å²) in [5.74, 6) is 1.27. The highest BCUT2D eigenvalue weighted by Gasteiger charge is 2.43. The molecule has 0 spiro atoms. The molecular weight excluding hydrogens is 581 g/mol. The number of hydrogen-bond acceptors (Lipinski definition) is 4. The first-order chi connectivity index (χ1) is 19.9. The van der Waals surface area contributed by atoms with Gasteiger partial charge in [-0.3, -0.25) is 4.98 Å². The molecule has 3 aliphatic heterocycles. The predicted octanol–water partition coefficient (Wildman–Crippen LogP) is 8.68. The largest absolute Gasteiger partial charge is 0.370 e. The third-order valence-corrected chi connectivity index (χ3v) is 10.1. The summed E-state index contributed by atoms with van der Waals surface area (Å²) in [7, 11) is 2.13. The van der Waals surface area contributed by atoms with Gasteiger partial charge in [0.2, 0.25) is 0 Å². The van der Waals surface area contributed by atoms with Gasteiger partial charge in [0.05, 0.1) is 34.0 Å². The summed E-state index contributed by atoms with van der Waals surface area (Å²) in [5, 5.41) is 5.63. The van der Waals surface area contributed by atoms with Gasteiger partial charge in [0.15, 0.2) is 5.11 Å². The maximum atomic E-state index is 7.19. The van der Waals surface area contributed by atoms with E-state index in [0.717, 1.165) is 46.4 Å². The number of allylic oxidation sites excluding steroid dienone is 1. The van der Waals surface area contributed by atoms with Crippen LogP contribution in [0.25, 0.3) is 5.57 Å². The van der Waals surface area contributed by atoms with E-state index in [9.17, 15) is 0 Å². The van der Waals surface area contributed by atoms with Crippen LogP contribution in [0, 0.1) is 11.8 Å². The lowest BCUT2D eigenvalue weighted by Crippen LogP contribution is -2.42. The Labute approximate surface area is 265 Å². The number of benzene rings is 2. The van der Waals surface area contributed by atoms with Gasteiger partial charge in [0.25, 0.3) is 0 Å². The average Bonchev–Trinajstić information content (AvgIpc) is 3.28. The highest BCUT2D eigenvalue weighted by molar-refractivity contribution is 7.80. The highest BCUT2D eigenvalue weighted by atomic mass is 35.5. The molecule has 0 amide bonds. The zero-order chi connectivity index (χ0) is 29.9. The second-order valence-corrected chi connectivity index (χ2v) is 14.1. The summed E-state index contributed by atoms with van der Waals surface area (Å²) >= 11 is 20.2. The number of likely N-dealkylation sites (N-methyl/N-ethyl adjacent to an activating group) is 1. The first kappa shape index (κ1) is 29.3. The van der Waals surface area contributed by atoms with Crippen molar-refractivity contribution in [1.29, 1.82) is 0 Å². The number of piperidine rings is 1. The van der Waals surface area contributed by atoms with Crippen LogP contribution in [-0.4, -0.2) is 35.8 Å². The van der Waals surface area contributed by atoms with Crippen LogP contribution >= 0.6 is 35.4 Å². The van der Waals surface area contributed by atoms with Crippen molar-refractivity contribution in [3.63, 3.8) is 0 Å². The first-order valence-corrected chi connectivity index (χ1v) is 15.9. The minimum Gasteiger partial charge on any atom is -0.370 e. The van der Waals surface area contributed by atoms with E-state index in [2.05, 4.69) is 98.1 Å². The van der Waals surface area contributed by atoms with Gasteiger partial charge in [-0.1, -0.05) is 49.2 Å². The van der Waals surface area contributed by atoms with Crippen LogP contribution in [0.5, 0.6) is 0 Å². The number of halogens is 2. The minimum atomic E-state index is -0.227. The second kappa shape index (κ2) is 11.0. The fraction of sp³-hybridized carbons (Fsp3) is 0.412. The van der Waals surface area contributed by atoms with E-state index < -0.39 is 0 Å². The zero-order valence-electron chi connectivity index (χ0n) is 25.2. The van der Waals surface area contributed by atoms with E-state index in [4.69, 9.17) is 40.4 Å². The summed E-state index contributed by atoms with van der Waals surface area (Å²) in [5.41, 5.74) is 7.34. The van der Waals surface area contributed by atoms with Crippen molar-refractivity contribution < 1.29 is 0 Å². The van der Waals surface area contributed by atoms with Crippen LogP contribution < -0.4 is 20.0 Å². The predicted molar refractivity (Wildman–Crippen MR) is 182 cm³/mol. The fourth-order valence-corrected chi connectivity index (χ4v) is 8.04. The van der Waals surface area contributed by atoms with Crippen LogP contribution in [0.2, 0.25) is 10.0 Å². The fourth-order valence-electron chi connectivity index (χ4n) is 7.13. The van der Waals surface area contributed by atoms with Crippen LogP contribution in [0.4, 0.5) is 17.1 Å². The van der Waals surface area contributed by atoms with Crippen molar-refractivity contribution in [2.24, 2.45) is 11.8 Å². The smallest absolute Gasteiger partial charge is 0.174 e. The molecule has 5 nitrogen and oxygen atoms in total. The van der Waals surface area contributed by atoms with E-state index >= 15 is 0 Å². The molecule has 220 valence electrons. The summed E-state index contributed by atoms with van der Waals surface area (Å²) < 4.78 is 0. The molecule has 2 fully saturated rings. The third-order valence-electron chi connectivity index (χ3n) is 9.17. The van der Waals surface area contributed by atoms with E-state index in [1.807, 2.05) is 24.4 Å². The number of anilines is 3. The van der Waals surface area contributed by atoms with Gasteiger partial charge in [-0.25, -0.2) is 0 Å². The van der Waals surface area contributed by atoms with Crippen molar-refractivity contribution in [2.75, 3.05) is 34.8 Å². The van der Waals surface area contributed by atoms with Crippen molar-refractivity contribution in [3.05, 3.63) is 87.7 Å². The molecule has 0 radical (unpaired) electrons. The molecule has 3 aliphatic rings. The van der Waals surface area contributed by atoms with E-state index in [1.165, 1.54) is 17.6 Å². The summed E-state index contributed by atoms with van der Waals surface area (Å²) in [4.78, 5) is 11.6. The van der Waals surface area contributed by atoms with Gasteiger partial charge in [0.1, 0.15) is 0 Å². The average molecular weight is 621 g/mol. The molecular formula is C34H39Cl2N5S. The molecule has 6 rings (SSSR count). The van der Waals surface area contributed by atoms with Crippen LogP contribution in [0.1, 0.15) is 69.9 Å². The number of fused-ring (bicyclic) bond motifs is 1. The quantitative estimate of drug-likeness (QED) is 0.294. The van der Waals surface area contributed by atoms with Gasteiger partial charge in [-0.05, 0) is 105 Å². The number of pyridine rings is 1. The van der Waals surface area contributed by atoms with Gasteiger partial charge in [0, 0.05) is 48.3 Å². The first-order valence-electron chi connectivity index (χ1n) is 14.8. The van der Waals surface area contributed by atoms with Crippen molar-refractivity contribution in [3.8, 4) is 0 Å². The molecule has 4 heterocycles. The van der Waals surface area contributed by atoms with Gasteiger partial charge in [-0.15, -0.1) is 0 Å². The van der Waals surface area contributed by atoms with Crippen molar-refractivity contribution >= 4 is 63.2 Å². The normalized spacial score (nSPS) is 25.3. The van der Waals surface area contributed by atoms with Crippen LogP contribution in [0.3, 0.4) is 0 Å². The van der Waals surface area contributed by atoms with Gasteiger partial charge in [-0.2, -0.15) is 0 Å². The lowest BCUT2D eigenvalue weighted by Gasteiger charge is -2.41. The zero-order valence-corrected chi connectivity index (χ0v) is 27.5. The van der Waals surface area contributed by atoms with Crippen molar-refractivity contribution in [1.82, 2.24) is 10.3 Å². The Bertz CT molecular complexity index is 1540. The Balaban J connectivity index is 1.46. The lowest BCUT2D eigenvalue weighted by atomic mass is 9.86. The summed E-state index contributed by atoms with van der Waals surface area (Å²) in [6.07, 6.45) is 5.39. The third kappa shape index (κ3) is 5.16. The number of nitrogens with zero attached hydrogens (tertiary/aromatic N) is 4. The topological polar surface area (TPSA) is 34.6 Å². The molecule has 3 aromatic rings. The minimum absolute atomic E-state index is 0.108. The maximum Gasteiger partial charge on any atom is 0.174 e. The Kier molecular flexibility index (Phi) is 7.70. The Morgan fingerprint density at radius 1 is 0.976 bits per heavy atom. The van der Waals surface area contributed by atoms with Crippen LogP contribution in [-0.2, 0) is 0 Å². The van der Waals surface area contributed by atoms with Crippen molar-refractivity contribution in [2.45, 2.75) is 58.7 Å². The van der Waals surface area contributed by atoms with E-state index in [0.29, 0.717) is 22.0 Å². The maximum absolute atomic E-state index is 7.19. The number of aromatic nitrogens is 1. The highest BCUT2D eigenvalue weighted by Crippen LogP contribution is 2.48. The molecule has 0 saturated carbocycles. The number of rotatable bonds is 4. The standard InChI is InChI=1S/C34H39Cl2N5S/c1-20-13-21(2)19-40(18-20)29-11-10-23(14-27(29)36)41-32(31(38-33(41)42)28-9-7-8-12-37-28)25-15-24-22(3)17-34(4,5)39(6)30(24)16-26(25)35/h7-12,14-17,20-21,31-32H,13,18-19H2,1-6H3,(H,38,42)/t20-,21+,31-,32+/m0/s1. The molecule has 8 heteroatoms. The molecule has 2 saturated heterocycles.